The van der Waals surface area contributed by atoms with Crippen LogP contribution in [0, 0.1) is 0 Å². The third-order valence-corrected chi connectivity index (χ3v) is 6.12. The molecule has 1 aliphatic rings. The van der Waals surface area contributed by atoms with Gasteiger partial charge in [0.05, 0.1) is 25.9 Å². The lowest BCUT2D eigenvalue weighted by atomic mass is 10.1. The molecule has 3 N–H and O–H groups in total. The number of nitrogens with two attached hydrogens (primary N) is 1. The quantitative estimate of drug-likeness (QED) is 0.420. The molecule has 0 bridgehead atoms. The van der Waals surface area contributed by atoms with Crippen LogP contribution in [-0.4, -0.2) is 33.1 Å². The zero-order valence-corrected chi connectivity index (χ0v) is 20.0. The lowest BCUT2D eigenvalue weighted by molar-refractivity contribution is -0.292. The summed E-state index contributed by atoms with van der Waals surface area (Å²) in [6, 6.07) is 29.1. The van der Waals surface area contributed by atoms with Crippen molar-refractivity contribution in [3.05, 3.63) is 108 Å². The van der Waals surface area contributed by atoms with Crippen LogP contribution < -0.4 is 9.86 Å². The fourth-order valence-electron chi connectivity index (χ4n) is 3.85. The van der Waals surface area contributed by atoms with Gasteiger partial charge < -0.3 is 18.9 Å². The Labute approximate surface area is 206 Å². The van der Waals surface area contributed by atoms with Gasteiger partial charge in [0.1, 0.15) is 12.3 Å². The fraction of sp³-hybridized carbons (Fsp3) is 0.308. The fourth-order valence-corrected chi connectivity index (χ4v) is 4.37. The van der Waals surface area contributed by atoms with Gasteiger partial charge in [0.2, 0.25) is 0 Å². The normalized spacial score (nSPS) is 22.7. The minimum Gasteiger partial charge on any atom is -0.370 e. The highest BCUT2D eigenvalue weighted by atomic mass is 32.2. The van der Waals surface area contributed by atoms with Crippen molar-refractivity contribution in [1.82, 2.24) is 4.72 Å². The number of ether oxygens (including phenoxy) is 4. The smallest absolute Gasteiger partial charge is 0.276 e. The molecule has 0 saturated carbocycles. The van der Waals surface area contributed by atoms with Crippen LogP contribution in [0.25, 0.3) is 0 Å². The van der Waals surface area contributed by atoms with Gasteiger partial charge in [-0.05, 0) is 16.7 Å². The van der Waals surface area contributed by atoms with Gasteiger partial charge in [-0.1, -0.05) is 91.0 Å². The van der Waals surface area contributed by atoms with Gasteiger partial charge in [-0.3, -0.25) is 0 Å². The second-order valence-electron chi connectivity index (χ2n) is 8.28. The summed E-state index contributed by atoms with van der Waals surface area (Å²) in [4.78, 5) is 0. The van der Waals surface area contributed by atoms with Crippen molar-refractivity contribution in [2.45, 2.75) is 51.0 Å². The average molecular weight is 499 g/mol. The summed E-state index contributed by atoms with van der Waals surface area (Å²) in [5.74, 6) is 0. The van der Waals surface area contributed by atoms with E-state index in [1.165, 1.54) is 0 Å². The third kappa shape index (κ3) is 8.22. The van der Waals surface area contributed by atoms with Gasteiger partial charge in [0.25, 0.3) is 10.2 Å². The van der Waals surface area contributed by atoms with E-state index in [2.05, 4.69) is 4.72 Å². The van der Waals surface area contributed by atoms with Gasteiger partial charge in [0, 0.05) is 6.42 Å². The van der Waals surface area contributed by atoms with E-state index in [4.69, 9.17) is 24.1 Å². The Kier molecular flexibility index (Phi) is 9.00. The highest BCUT2D eigenvalue weighted by Crippen LogP contribution is 2.28. The minimum absolute atomic E-state index is 0.202. The Morgan fingerprint density at radius 1 is 0.743 bits per heavy atom. The molecule has 0 aromatic heterocycles. The lowest BCUT2D eigenvalue weighted by Gasteiger charge is -2.41. The first-order chi connectivity index (χ1) is 17.0. The molecule has 9 heteroatoms. The van der Waals surface area contributed by atoms with Crippen LogP contribution in [0.1, 0.15) is 23.1 Å². The Bertz CT molecular complexity index is 1080. The Morgan fingerprint density at radius 3 is 1.69 bits per heavy atom. The lowest BCUT2D eigenvalue weighted by Crippen LogP contribution is -2.56. The molecule has 0 aliphatic carbocycles. The minimum atomic E-state index is -4.00. The predicted molar refractivity (Wildman–Crippen MR) is 131 cm³/mol. The topological polar surface area (TPSA) is 109 Å². The first kappa shape index (κ1) is 25.5. The van der Waals surface area contributed by atoms with Crippen molar-refractivity contribution >= 4 is 10.2 Å². The highest BCUT2D eigenvalue weighted by molar-refractivity contribution is 7.87. The molecule has 8 nitrogen and oxygen atoms in total. The number of hydrogen-bond acceptors (Lipinski definition) is 6. The number of rotatable bonds is 11. The molecule has 186 valence electrons. The van der Waals surface area contributed by atoms with Crippen molar-refractivity contribution in [3.8, 4) is 0 Å². The molecule has 1 aliphatic heterocycles. The maximum Gasteiger partial charge on any atom is 0.276 e. The monoisotopic (exact) mass is 498 g/mol. The van der Waals surface area contributed by atoms with Crippen molar-refractivity contribution in [1.29, 1.82) is 0 Å². The van der Waals surface area contributed by atoms with E-state index in [0.29, 0.717) is 13.2 Å². The van der Waals surface area contributed by atoms with Gasteiger partial charge in [-0.25, -0.2) is 5.14 Å². The van der Waals surface area contributed by atoms with E-state index in [1.807, 2.05) is 91.0 Å². The van der Waals surface area contributed by atoms with E-state index in [0.717, 1.165) is 16.7 Å². The van der Waals surface area contributed by atoms with E-state index in [1.54, 1.807) is 0 Å². The molecular formula is C26H30N2O6S. The van der Waals surface area contributed by atoms with Gasteiger partial charge >= 0.3 is 0 Å². The summed E-state index contributed by atoms with van der Waals surface area (Å²) in [7, 11) is -4.00. The van der Waals surface area contributed by atoms with Crippen LogP contribution >= 0.6 is 0 Å². The molecule has 3 aromatic rings. The highest BCUT2D eigenvalue weighted by Gasteiger charge is 2.42. The molecule has 35 heavy (non-hydrogen) atoms. The van der Waals surface area contributed by atoms with Crippen LogP contribution in [0.4, 0.5) is 0 Å². The van der Waals surface area contributed by atoms with E-state index >= 15 is 0 Å². The summed E-state index contributed by atoms with van der Waals surface area (Å²) in [6.45, 7) is 0.896. The second-order valence-corrected chi connectivity index (χ2v) is 9.61. The van der Waals surface area contributed by atoms with Crippen molar-refractivity contribution < 1.29 is 27.4 Å². The summed E-state index contributed by atoms with van der Waals surface area (Å²) in [6.07, 6.45) is -2.75. The molecule has 1 fully saturated rings. The Balaban J connectivity index is 1.54. The number of benzene rings is 3. The molecule has 0 amide bonds. The predicted octanol–water partition coefficient (Wildman–Crippen LogP) is 3.24. The SMILES string of the molecule is NS(=O)(=O)N[C@H]1C[C@@H](OCc2ccccc2)C(OCc2ccccc2)[C@@H](OCc2ccccc2)O1. The maximum atomic E-state index is 11.7. The first-order valence-corrected chi connectivity index (χ1v) is 12.9. The standard InChI is InChI=1S/C26H30N2O6S/c27-35(29,30)28-24-16-23(31-17-20-10-4-1-5-11-20)25(32-18-21-12-6-2-7-13-21)26(34-24)33-19-22-14-8-3-9-15-22/h1-15,23-26,28H,16-19H2,(H2,27,29,30)/t23-,24-,25?,26+/m1/s1. The average Bonchev–Trinajstić information content (AvgIpc) is 2.86. The van der Waals surface area contributed by atoms with Crippen molar-refractivity contribution in [2.75, 3.05) is 0 Å². The molecule has 4 rings (SSSR count). The maximum absolute atomic E-state index is 11.7. The van der Waals surface area contributed by atoms with Crippen LogP contribution in [0.15, 0.2) is 91.0 Å². The largest absolute Gasteiger partial charge is 0.370 e. The van der Waals surface area contributed by atoms with Crippen LogP contribution in [0.3, 0.4) is 0 Å². The van der Waals surface area contributed by atoms with Crippen LogP contribution in [0.2, 0.25) is 0 Å². The molecule has 0 spiro atoms. The Hall–Kier alpha value is -2.63. The zero-order chi connectivity index (χ0) is 24.5. The van der Waals surface area contributed by atoms with Crippen molar-refractivity contribution in [3.63, 3.8) is 0 Å². The summed E-state index contributed by atoms with van der Waals surface area (Å²) < 4.78 is 50.4. The van der Waals surface area contributed by atoms with E-state index < -0.39 is 34.9 Å². The van der Waals surface area contributed by atoms with Crippen LogP contribution in [0.5, 0.6) is 0 Å². The summed E-state index contributed by atoms with van der Waals surface area (Å²) >= 11 is 0. The third-order valence-electron chi connectivity index (χ3n) is 5.52. The molecule has 1 saturated heterocycles. The summed E-state index contributed by atoms with van der Waals surface area (Å²) in [5.41, 5.74) is 2.92. The summed E-state index contributed by atoms with van der Waals surface area (Å²) in [5, 5.41) is 5.22. The van der Waals surface area contributed by atoms with Gasteiger partial charge in [-0.2, -0.15) is 13.1 Å². The van der Waals surface area contributed by atoms with E-state index in [9.17, 15) is 8.42 Å². The molecule has 1 heterocycles. The van der Waals surface area contributed by atoms with E-state index in [-0.39, 0.29) is 13.0 Å². The molecule has 1 unspecified atom stereocenters. The Morgan fingerprint density at radius 2 is 1.20 bits per heavy atom. The van der Waals surface area contributed by atoms with Gasteiger partial charge in [-0.15, -0.1) is 0 Å². The van der Waals surface area contributed by atoms with Crippen molar-refractivity contribution in [2.24, 2.45) is 5.14 Å². The molecule has 3 aromatic carbocycles. The zero-order valence-electron chi connectivity index (χ0n) is 19.2. The first-order valence-electron chi connectivity index (χ1n) is 11.4. The molecular weight excluding hydrogens is 468 g/mol. The van der Waals surface area contributed by atoms with Crippen LogP contribution in [-0.2, 0) is 49.0 Å². The molecule has 0 radical (unpaired) electrons. The number of hydrogen-bond donors (Lipinski definition) is 2. The number of nitrogens with one attached hydrogen (secondary N) is 1. The molecule has 4 atom stereocenters. The van der Waals surface area contributed by atoms with Gasteiger partial charge in [0.15, 0.2) is 6.29 Å². The second kappa shape index (κ2) is 12.4.